The van der Waals surface area contributed by atoms with Crippen molar-refractivity contribution in [3.8, 4) is 0 Å². The van der Waals surface area contributed by atoms with Gasteiger partial charge in [-0.05, 0) is 30.7 Å². The van der Waals surface area contributed by atoms with Crippen LogP contribution in [0.5, 0.6) is 0 Å². The molecule has 0 saturated carbocycles. The van der Waals surface area contributed by atoms with E-state index in [4.69, 9.17) is 5.73 Å². The van der Waals surface area contributed by atoms with E-state index in [1.807, 2.05) is 6.92 Å². The van der Waals surface area contributed by atoms with Crippen molar-refractivity contribution in [1.29, 1.82) is 0 Å². The van der Waals surface area contributed by atoms with Crippen molar-refractivity contribution in [2.24, 2.45) is 5.73 Å². The van der Waals surface area contributed by atoms with E-state index < -0.39 is 9.84 Å². The van der Waals surface area contributed by atoms with Gasteiger partial charge in [-0.25, -0.2) is 8.42 Å². The molecule has 0 spiro atoms. The lowest BCUT2D eigenvalue weighted by molar-refractivity contribution is 0.281. The first-order valence-corrected chi connectivity index (χ1v) is 8.48. The zero-order valence-electron chi connectivity index (χ0n) is 10.5. The quantitative estimate of drug-likeness (QED) is 0.771. The van der Waals surface area contributed by atoms with Gasteiger partial charge in [0.2, 0.25) is 0 Å². The van der Waals surface area contributed by atoms with Crippen molar-refractivity contribution in [3.05, 3.63) is 24.3 Å². The summed E-state index contributed by atoms with van der Waals surface area (Å²) in [5, 5.41) is 9.21. The first kappa shape index (κ1) is 15.5. The summed E-state index contributed by atoms with van der Waals surface area (Å²) in [6.45, 7) is 1.98. The summed E-state index contributed by atoms with van der Waals surface area (Å²) >= 11 is 1.47. The summed E-state index contributed by atoms with van der Waals surface area (Å²) in [6.07, 6.45) is 1.97. The topological polar surface area (TPSA) is 80.4 Å². The third-order valence-corrected chi connectivity index (χ3v) is 5.14. The molecule has 0 bridgehead atoms. The number of thioether (sulfide) groups is 1. The van der Waals surface area contributed by atoms with Gasteiger partial charge in [0.05, 0.1) is 11.5 Å². The maximum absolute atomic E-state index is 11.3. The predicted octanol–water partition coefficient (Wildman–Crippen LogP) is 1.28. The summed E-state index contributed by atoms with van der Waals surface area (Å²) in [5.74, 6) is 0. The summed E-state index contributed by atoms with van der Waals surface area (Å²) in [4.78, 5) is 1.21. The molecule has 0 saturated heterocycles. The average Bonchev–Trinajstić information content (AvgIpc) is 2.34. The van der Waals surface area contributed by atoms with Crippen molar-refractivity contribution in [2.45, 2.75) is 34.4 Å². The Kier molecular flexibility index (Phi) is 5.65. The van der Waals surface area contributed by atoms with Gasteiger partial charge in [-0.1, -0.05) is 6.92 Å². The van der Waals surface area contributed by atoms with Gasteiger partial charge in [-0.2, -0.15) is 0 Å². The van der Waals surface area contributed by atoms with Gasteiger partial charge in [0, 0.05) is 22.4 Å². The standard InChI is InChI=1S/C12H19NO3S2/c1-3-11(13)12(8-14)17-9-4-6-10(7-5-9)18(2,15)16/h4-7,11-12,14H,3,8,13H2,1-2H3. The molecular weight excluding hydrogens is 270 g/mol. The van der Waals surface area contributed by atoms with Gasteiger partial charge < -0.3 is 10.8 Å². The zero-order chi connectivity index (χ0) is 13.8. The molecule has 0 aliphatic carbocycles. The molecule has 3 N–H and O–H groups in total. The maximum atomic E-state index is 11.3. The van der Waals surface area contributed by atoms with Crippen LogP contribution in [0.15, 0.2) is 34.1 Å². The van der Waals surface area contributed by atoms with Crippen LogP contribution in [0, 0.1) is 0 Å². The smallest absolute Gasteiger partial charge is 0.175 e. The highest BCUT2D eigenvalue weighted by molar-refractivity contribution is 8.00. The highest BCUT2D eigenvalue weighted by atomic mass is 32.2. The molecule has 18 heavy (non-hydrogen) atoms. The SMILES string of the molecule is CCC(N)C(CO)Sc1ccc(S(C)(=O)=O)cc1. The van der Waals surface area contributed by atoms with Gasteiger partial charge in [0.15, 0.2) is 9.84 Å². The second kappa shape index (κ2) is 6.56. The molecule has 0 aromatic heterocycles. The second-order valence-electron chi connectivity index (χ2n) is 4.15. The molecule has 0 heterocycles. The van der Waals surface area contributed by atoms with Crippen molar-refractivity contribution in [3.63, 3.8) is 0 Å². The Bertz CT molecular complexity index is 471. The molecule has 0 amide bonds. The zero-order valence-corrected chi connectivity index (χ0v) is 12.2. The minimum atomic E-state index is -3.16. The number of rotatable bonds is 6. The second-order valence-corrected chi connectivity index (χ2v) is 7.48. The van der Waals surface area contributed by atoms with E-state index in [2.05, 4.69) is 0 Å². The van der Waals surface area contributed by atoms with E-state index in [1.165, 1.54) is 18.0 Å². The summed E-state index contributed by atoms with van der Waals surface area (Å²) in [5.41, 5.74) is 5.90. The molecule has 0 aliphatic heterocycles. The van der Waals surface area contributed by atoms with Gasteiger partial charge in [0.1, 0.15) is 0 Å². The van der Waals surface area contributed by atoms with Crippen LogP contribution < -0.4 is 5.73 Å². The molecule has 1 aromatic rings. The molecule has 1 aromatic carbocycles. The fraction of sp³-hybridized carbons (Fsp3) is 0.500. The maximum Gasteiger partial charge on any atom is 0.175 e. The molecule has 1 rings (SSSR count). The molecule has 0 radical (unpaired) electrons. The van der Waals surface area contributed by atoms with Crippen LogP contribution in [0.4, 0.5) is 0 Å². The van der Waals surface area contributed by atoms with Crippen molar-refractivity contribution in [1.82, 2.24) is 0 Å². The summed E-state index contributed by atoms with van der Waals surface area (Å²) < 4.78 is 22.6. The van der Waals surface area contributed by atoms with E-state index in [0.29, 0.717) is 4.90 Å². The third kappa shape index (κ3) is 4.28. The lowest BCUT2D eigenvalue weighted by atomic mass is 10.2. The Morgan fingerprint density at radius 1 is 1.33 bits per heavy atom. The molecule has 0 aliphatic rings. The van der Waals surface area contributed by atoms with Crippen molar-refractivity contribution in [2.75, 3.05) is 12.9 Å². The Hall–Kier alpha value is -0.560. The summed E-state index contributed by atoms with van der Waals surface area (Å²) in [7, 11) is -3.16. The Morgan fingerprint density at radius 2 is 1.89 bits per heavy atom. The molecule has 6 heteroatoms. The van der Waals surface area contributed by atoms with Gasteiger partial charge in [-0.3, -0.25) is 0 Å². The van der Waals surface area contributed by atoms with Gasteiger partial charge >= 0.3 is 0 Å². The Labute approximate surface area is 113 Å². The van der Waals surface area contributed by atoms with E-state index in [9.17, 15) is 13.5 Å². The van der Waals surface area contributed by atoms with Crippen LogP contribution in [-0.4, -0.2) is 37.7 Å². The minimum absolute atomic E-state index is 0.00744. The number of nitrogens with two attached hydrogens (primary N) is 1. The van der Waals surface area contributed by atoms with E-state index in [-0.39, 0.29) is 17.9 Å². The Balaban J connectivity index is 2.80. The van der Waals surface area contributed by atoms with Crippen molar-refractivity contribution < 1.29 is 13.5 Å². The highest BCUT2D eigenvalue weighted by Gasteiger charge is 2.17. The lowest BCUT2D eigenvalue weighted by Crippen LogP contribution is -2.34. The normalized spacial score (nSPS) is 15.3. The van der Waals surface area contributed by atoms with Crippen LogP contribution in [0.3, 0.4) is 0 Å². The van der Waals surface area contributed by atoms with Crippen LogP contribution in [-0.2, 0) is 9.84 Å². The predicted molar refractivity (Wildman–Crippen MR) is 74.5 cm³/mol. The largest absolute Gasteiger partial charge is 0.395 e. The van der Waals surface area contributed by atoms with Crippen LogP contribution >= 0.6 is 11.8 Å². The number of aliphatic hydroxyl groups is 1. The van der Waals surface area contributed by atoms with Crippen molar-refractivity contribution >= 4 is 21.6 Å². The highest BCUT2D eigenvalue weighted by Crippen LogP contribution is 2.26. The number of hydrogen-bond donors (Lipinski definition) is 2. The van der Waals surface area contributed by atoms with Crippen LogP contribution in [0.25, 0.3) is 0 Å². The van der Waals surface area contributed by atoms with E-state index >= 15 is 0 Å². The monoisotopic (exact) mass is 289 g/mol. The molecular formula is C12H19NO3S2. The fourth-order valence-corrected chi connectivity index (χ4v) is 3.18. The number of aliphatic hydroxyl groups excluding tert-OH is 1. The number of benzene rings is 1. The van der Waals surface area contributed by atoms with Gasteiger partial charge in [0.25, 0.3) is 0 Å². The van der Waals surface area contributed by atoms with Crippen LogP contribution in [0.2, 0.25) is 0 Å². The van der Waals surface area contributed by atoms with E-state index in [1.54, 1.807) is 24.3 Å². The molecule has 2 atom stereocenters. The van der Waals surface area contributed by atoms with Gasteiger partial charge in [-0.15, -0.1) is 11.8 Å². The number of hydrogen-bond acceptors (Lipinski definition) is 5. The molecule has 102 valence electrons. The first-order chi connectivity index (χ1) is 8.38. The lowest BCUT2D eigenvalue weighted by Gasteiger charge is -2.20. The average molecular weight is 289 g/mol. The van der Waals surface area contributed by atoms with Crippen LogP contribution in [0.1, 0.15) is 13.3 Å². The third-order valence-electron chi connectivity index (χ3n) is 2.67. The number of sulfone groups is 1. The Morgan fingerprint density at radius 3 is 2.28 bits per heavy atom. The fourth-order valence-electron chi connectivity index (χ4n) is 1.46. The molecule has 2 unspecified atom stereocenters. The summed E-state index contributed by atoms with van der Waals surface area (Å²) in [6, 6.07) is 6.56. The first-order valence-electron chi connectivity index (χ1n) is 5.71. The van der Waals surface area contributed by atoms with E-state index in [0.717, 1.165) is 11.3 Å². The molecule has 0 fully saturated rings. The minimum Gasteiger partial charge on any atom is -0.395 e. The molecule has 4 nitrogen and oxygen atoms in total.